The Morgan fingerprint density at radius 2 is 2.38 bits per heavy atom. The lowest BCUT2D eigenvalue weighted by Gasteiger charge is -2.15. The number of anilines is 1. The highest BCUT2D eigenvalue weighted by Gasteiger charge is 2.10. The molecule has 1 rings (SSSR count). The van der Waals surface area contributed by atoms with Crippen molar-refractivity contribution in [2.75, 3.05) is 25.6 Å². The zero-order valence-corrected chi connectivity index (χ0v) is 10.6. The maximum Gasteiger partial charge on any atom is 0.202 e. The minimum absolute atomic E-state index is 0.0948. The predicted molar refractivity (Wildman–Crippen MR) is 64.9 cm³/mol. The molecule has 1 aromatic heterocycles. The van der Waals surface area contributed by atoms with Crippen LogP contribution in [0.3, 0.4) is 0 Å². The van der Waals surface area contributed by atoms with Crippen molar-refractivity contribution in [3.8, 4) is 0 Å². The highest BCUT2D eigenvalue weighted by molar-refractivity contribution is 7.09. The van der Waals surface area contributed by atoms with Gasteiger partial charge in [-0.05, 0) is 12.8 Å². The summed E-state index contributed by atoms with van der Waals surface area (Å²) in [5.41, 5.74) is 0. The normalized spacial score (nSPS) is 12.7. The fourth-order valence-electron chi connectivity index (χ4n) is 1.37. The van der Waals surface area contributed by atoms with Crippen molar-refractivity contribution >= 4 is 16.7 Å². The van der Waals surface area contributed by atoms with Crippen molar-refractivity contribution in [3.63, 3.8) is 0 Å². The van der Waals surface area contributed by atoms with Crippen LogP contribution in [0.4, 0.5) is 5.13 Å². The molecular weight excluding hydrogens is 226 g/mol. The Morgan fingerprint density at radius 1 is 1.56 bits per heavy atom. The van der Waals surface area contributed by atoms with E-state index in [1.54, 1.807) is 7.11 Å². The van der Waals surface area contributed by atoms with Gasteiger partial charge in [0.05, 0.1) is 12.6 Å². The minimum atomic E-state index is 0.0948. The van der Waals surface area contributed by atoms with E-state index in [9.17, 15) is 0 Å². The lowest BCUT2D eigenvalue weighted by molar-refractivity contribution is 0.170. The number of aliphatic hydroxyl groups excluding tert-OH is 1. The molecule has 1 aromatic rings. The maximum atomic E-state index is 8.90. The third-order valence-corrected chi connectivity index (χ3v) is 2.80. The summed E-state index contributed by atoms with van der Waals surface area (Å²) in [7, 11) is 1.65. The van der Waals surface area contributed by atoms with E-state index in [-0.39, 0.29) is 12.6 Å². The molecule has 0 radical (unpaired) electrons. The first-order valence-electron chi connectivity index (χ1n) is 5.49. The highest BCUT2D eigenvalue weighted by Crippen LogP contribution is 2.14. The molecule has 0 aliphatic rings. The summed E-state index contributed by atoms with van der Waals surface area (Å²) in [5.74, 6) is 0.884. The lowest BCUT2D eigenvalue weighted by Crippen LogP contribution is -2.26. The van der Waals surface area contributed by atoms with E-state index in [4.69, 9.17) is 9.84 Å². The van der Waals surface area contributed by atoms with E-state index in [1.165, 1.54) is 11.5 Å². The number of aryl methyl sites for hydroxylation is 1. The number of hydrogen-bond donors (Lipinski definition) is 2. The molecule has 0 bridgehead atoms. The average Bonchev–Trinajstić information content (AvgIpc) is 2.67. The van der Waals surface area contributed by atoms with Crippen LogP contribution >= 0.6 is 11.5 Å². The zero-order chi connectivity index (χ0) is 11.8. The molecule has 0 aliphatic carbocycles. The number of methoxy groups -OCH3 is 1. The van der Waals surface area contributed by atoms with Gasteiger partial charge >= 0.3 is 0 Å². The zero-order valence-electron chi connectivity index (χ0n) is 9.77. The Bertz CT molecular complexity index is 287. The first-order chi connectivity index (χ1) is 7.80. The van der Waals surface area contributed by atoms with Gasteiger partial charge in [-0.15, -0.1) is 0 Å². The molecule has 0 saturated heterocycles. The smallest absolute Gasteiger partial charge is 0.202 e. The van der Waals surface area contributed by atoms with Crippen LogP contribution in [0.25, 0.3) is 0 Å². The quantitative estimate of drug-likeness (QED) is 0.722. The van der Waals surface area contributed by atoms with Gasteiger partial charge in [0.1, 0.15) is 5.82 Å². The molecule has 1 atom stereocenters. The Labute approximate surface area is 100 Å². The van der Waals surface area contributed by atoms with E-state index < -0.39 is 0 Å². The van der Waals surface area contributed by atoms with Crippen LogP contribution in [0.1, 0.15) is 25.6 Å². The number of nitrogens with one attached hydrogen (secondary N) is 1. The van der Waals surface area contributed by atoms with Gasteiger partial charge in [-0.1, -0.05) is 6.92 Å². The van der Waals surface area contributed by atoms with Crippen LogP contribution < -0.4 is 5.32 Å². The number of ether oxygens (including phenoxy) is 1. The predicted octanol–water partition coefficient (Wildman–Crippen LogP) is 1.30. The molecule has 5 nitrogen and oxygen atoms in total. The molecule has 6 heteroatoms. The molecule has 0 fully saturated rings. The van der Waals surface area contributed by atoms with E-state index in [1.807, 2.05) is 0 Å². The number of aliphatic hydroxyl groups is 1. The number of hydrogen-bond acceptors (Lipinski definition) is 6. The Kier molecular flexibility index (Phi) is 6.29. The summed E-state index contributed by atoms with van der Waals surface area (Å²) < 4.78 is 9.31. The first kappa shape index (κ1) is 13.3. The number of aromatic nitrogens is 2. The summed E-state index contributed by atoms with van der Waals surface area (Å²) >= 11 is 1.36. The number of nitrogens with zero attached hydrogens (tertiary/aromatic N) is 2. The maximum absolute atomic E-state index is 8.90. The monoisotopic (exact) mass is 245 g/mol. The van der Waals surface area contributed by atoms with E-state index in [0.29, 0.717) is 13.0 Å². The molecule has 0 amide bonds. The molecule has 0 aliphatic heterocycles. The third kappa shape index (κ3) is 4.42. The van der Waals surface area contributed by atoms with Gasteiger partial charge in [-0.2, -0.15) is 4.37 Å². The van der Waals surface area contributed by atoms with Gasteiger partial charge in [0.15, 0.2) is 0 Å². The van der Waals surface area contributed by atoms with Gasteiger partial charge < -0.3 is 15.2 Å². The van der Waals surface area contributed by atoms with Crippen molar-refractivity contribution in [1.29, 1.82) is 0 Å². The fourth-order valence-corrected chi connectivity index (χ4v) is 2.06. The lowest BCUT2D eigenvalue weighted by atomic mass is 10.2. The topological polar surface area (TPSA) is 67.3 Å². The van der Waals surface area contributed by atoms with E-state index >= 15 is 0 Å². The second kappa shape index (κ2) is 7.54. The van der Waals surface area contributed by atoms with Crippen molar-refractivity contribution < 1.29 is 9.84 Å². The molecule has 0 spiro atoms. The van der Waals surface area contributed by atoms with Crippen LogP contribution in [-0.2, 0) is 11.2 Å². The molecule has 16 heavy (non-hydrogen) atoms. The van der Waals surface area contributed by atoms with Crippen LogP contribution in [0.15, 0.2) is 0 Å². The fraction of sp³-hybridized carbons (Fsp3) is 0.800. The first-order valence-corrected chi connectivity index (χ1v) is 6.26. The summed E-state index contributed by atoms with van der Waals surface area (Å²) in [4.78, 5) is 4.36. The van der Waals surface area contributed by atoms with Gasteiger partial charge in [0.2, 0.25) is 5.13 Å². The van der Waals surface area contributed by atoms with Gasteiger partial charge in [0, 0.05) is 31.7 Å². The molecule has 1 unspecified atom stereocenters. The molecule has 92 valence electrons. The molecule has 0 aromatic carbocycles. The van der Waals surface area contributed by atoms with E-state index in [0.717, 1.165) is 23.8 Å². The largest absolute Gasteiger partial charge is 0.396 e. The highest BCUT2D eigenvalue weighted by atomic mass is 32.1. The molecular formula is C10H19N3O2S. The van der Waals surface area contributed by atoms with Crippen molar-refractivity contribution in [2.24, 2.45) is 0 Å². The summed E-state index contributed by atoms with van der Waals surface area (Å²) in [5, 5.41) is 12.9. The van der Waals surface area contributed by atoms with Crippen LogP contribution in [-0.4, -0.2) is 40.8 Å². The standard InChI is InChI=1S/C10H19N3O2S/c1-3-4-9-12-10(16-13-9)11-8(5-6-14)7-15-2/h8,14H,3-7H2,1-2H3,(H,11,12,13). The Hall–Kier alpha value is -0.720. The summed E-state index contributed by atoms with van der Waals surface area (Å²) in [6, 6.07) is 0.0948. The van der Waals surface area contributed by atoms with Gasteiger partial charge in [0.25, 0.3) is 0 Å². The SMILES string of the molecule is CCCc1nsc(NC(CCO)COC)n1. The average molecular weight is 245 g/mol. The molecule has 2 N–H and O–H groups in total. The Morgan fingerprint density at radius 3 is 3.00 bits per heavy atom. The third-order valence-electron chi connectivity index (χ3n) is 2.11. The Balaban J connectivity index is 2.48. The van der Waals surface area contributed by atoms with Gasteiger partial charge in [-0.3, -0.25) is 0 Å². The van der Waals surface area contributed by atoms with Crippen molar-refractivity contribution in [3.05, 3.63) is 5.82 Å². The van der Waals surface area contributed by atoms with Crippen molar-refractivity contribution in [1.82, 2.24) is 9.36 Å². The molecule has 0 saturated carbocycles. The van der Waals surface area contributed by atoms with Crippen molar-refractivity contribution in [2.45, 2.75) is 32.2 Å². The molecule has 1 heterocycles. The van der Waals surface area contributed by atoms with Gasteiger partial charge in [-0.25, -0.2) is 4.98 Å². The summed E-state index contributed by atoms with van der Waals surface area (Å²) in [6.45, 7) is 2.80. The number of rotatable bonds is 8. The summed E-state index contributed by atoms with van der Waals surface area (Å²) in [6.07, 6.45) is 2.61. The van der Waals surface area contributed by atoms with Crippen LogP contribution in [0, 0.1) is 0 Å². The minimum Gasteiger partial charge on any atom is -0.396 e. The van der Waals surface area contributed by atoms with Crippen LogP contribution in [0.5, 0.6) is 0 Å². The second-order valence-corrected chi connectivity index (χ2v) is 4.33. The van der Waals surface area contributed by atoms with Crippen LogP contribution in [0.2, 0.25) is 0 Å². The second-order valence-electron chi connectivity index (χ2n) is 3.57. The van der Waals surface area contributed by atoms with E-state index in [2.05, 4.69) is 21.6 Å².